The monoisotopic (exact) mass is 343 g/mol. The van der Waals surface area contributed by atoms with Crippen LogP contribution in [0.15, 0.2) is 46.9 Å². The highest BCUT2D eigenvalue weighted by atomic mass is 79.9. The predicted octanol–water partition coefficient (Wildman–Crippen LogP) is 5.06. The van der Waals surface area contributed by atoms with Gasteiger partial charge in [0, 0.05) is 9.50 Å². The normalized spacial score (nSPS) is 12.4. The Bertz CT molecular complexity index is 540. The van der Waals surface area contributed by atoms with E-state index in [1.165, 1.54) is 0 Å². The molecule has 0 aromatic heterocycles. The molecule has 94 valence electrons. The summed E-state index contributed by atoms with van der Waals surface area (Å²) in [7, 11) is 1.93. The zero-order valence-electron chi connectivity index (χ0n) is 9.75. The minimum atomic E-state index is 0.105. The SMILES string of the molecule is CNC(c1ccc(Cl)cc1)c1ccc(Br)c(Cl)c1. The van der Waals surface area contributed by atoms with Crippen LogP contribution in [-0.2, 0) is 0 Å². The molecule has 0 heterocycles. The smallest absolute Gasteiger partial charge is 0.0574 e. The highest BCUT2D eigenvalue weighted by Crippen LogP contribution is 2.29. The third-order valence-electron chi connectivity index (χ3n) is 2.77. The first-order valence-corrected chi connectivity index (χ1v) is 7.04. The molecule has 0 aliphatic carbocycles. The topological polar surface area (TPSA) is 12.0 Å². The average Bonchev–Trinajstić information content (AvgIpc) is 2.37. The Labute approximate surface area is 125 Å². The summed E-state index contributed by atoms with van der Waals surface area (Å²) < 4.78 is 0.902. The largest absolute Gasteiger partial charge is 0.309 e. The number of benzene rings is 2. The summed E-state index contributed by atoms with van der Waals surface area (Å²) in [5.74, 6) is 0. The van der Waals surface area contributed by atoms with E-state index in [9.17, 15) is 0 Å². The van der Waals surface area contributed by atoms with E-state index in [0.717, 1.165) is 20.6 Å². The molecule has 0 amide bonds. The molecule has 0 aliphatic rings. The van der Waals surface area contributed by atoms with E-state index in [2.05, 4.69) is 21.2 Å². The highest BCUT2D eigenvalue weighted by Gasteiger charge is 2.12. The fourth-order valence-electron chi connectivity index (χ4n) is 1.87. The number of rotatable bonds is 3. The van der Waals surface area contributed by atoms with Gasteiger partial charge >= 0.3 is 0 Å². The minimum absolute atomic E-state index is 0.105. The van der Waals surface area contributed by atoms with Crippen molar-refractivity contribution in [2.45, 2.75) is 6.04 Å². The molecule has 2 rings (SSSR count). The summed E-state index contributed by atoms with van der Waals surface area (Å²) in [4.78, 5) is 0. The summed E-state index contributed by atoms with van der Waals surface area (Å²) in [6.07, 6.45) is 0. The van der Waals surface area contributed by atoms with E-state index in [1.54, 1.807) is 0 Å². The minimum Gasteiger partial charge on any atom is -0.309 e. The fourth-order valence-corrected chi connectivity index (χ4v) is 2.43. The molecule has 1 atom stereocenters. The predicted molar refractivity (Wildman–Crippen MR) is 81.5 cm³/mol. The van der Waals surface area contributed by atoms with Crippen molar-refractivity contribution in [1.29, 1.82) is 0 Å². The van der Waals surface area contributed by atoms with Crippen LogP contribution in [0.3, 0.4) is 0 Å². The molecule has 4 heteroatoms. The Balaban J connectivity index is 2.38. The van der Waals surface area contributed by atoms with Gasteiger partial charge in [-0.1, -0.05) is 41.4 Å². The first-order chi connectivity index (χ1) is 8.61. The Morgan fingerprint density at radius 2 is 1.61 bits per heavy atom. The van der Waals surface area contributed by atoms with Crippen LogP contribution in [0, 0.1) is 0 Å². The van der Waals surface area contributed by atoms with Gasteiger partial charge in [-0.3, -0.25) is 0 Å². The molecule has 2 aromatic rings. The summed E-state index contributed by atoms with van der Waals surface area (Å²) in [5.41, 5.74) is 2.27. The van der Waals surface area contributed by atoms with Crippen molar-refractivity contribution in [2.24, 2.45) is 0 Å². The molecule has 0 aliphatic heterocycles. The molecule has 1 N–H and O–H groups in total. The van der Waals surface area contributed by atoms with Gasteiger partial charge in [-0.05, 0) is 58.4 Å². The third kappa shape index (κ3) is 3.07. The quantitative estimate of drug-likeness (QED) is 0.820. The molecule has 0 saturated carbocycles. The van der Waals surface area contributed by atoms with Gasteiger partial charge in [0.05, 0.1) is 11.1 Å². The van der Waals surface area contributed by atoms with Gasteiger partial charge in [0.1, 0.15) is 0 Å². The number of nitrogens with one attached hydrogen (secondary N) is 1. The Morgan fingerprint density at radius 1 is 1.00 bits per heavy atom. The zero-order valence-corrected chi connectivity index (χ0v) is 12.9. The average molecular weight is 345 g/mol. The lowest BCUT2D eigenvalue weighted by atomic mass is 9.99. The Morgan fingerprint density at radius 3 is 2.17 bits per heavy atom. The fraction of sp³-hybridized carbons (Fsp3) is 0.143. The highest BCUT2D eigenvalue weighted by molar-refractivity contribution is 9.10. The lowest BCUT2D eigenvalue weighted by Gasteiger charge is -2.18. The van der Waals surface area contributed by atoms with E-state index in [-0.39, 0.29) is 6.04 Å². The molecule has 0 saturated heterocycles. The maximum atomic E-state index is 6.13. The third-order valence-corrected chi connectivity index (χ3v) is 4.25. The molecular weight excluding hydrogens is 333 g/mol. The molecule has 2 aromatic carbocycles. The number of hydrogen-bond acceptors (Lipinski definition) is 1. The zero-order chi connectivity index (χ0) is 13.1. The van der Waals surface area contributed by atoms with Crippen LogP contribution in [0.1, 0.15) is 17.2 Å². The summed E-state index contributed by atoms with van der Waals surface area (Å²) >= 11 is 15.4. The summed E-state index contributed by atoms with van der Waals surface area (Å²) in [6.45, 7) is 0. The molecule has 18 heavy (non-hydrogen) atoms. The first kappa shape index (κ1) is 13.9. The molecule has 0 bridgehead atoms. The molecule has 0 radical (unpaired) electrons. The van der Waals surface area contributed by atoms with Gasteiger partial charge in [-0.25, -0.2) is 0 Å². The van der Waals surface area contributed by atoms with Crippen molar-refractivity contribution in [3.05, 3.63) is 68.1 Å². The van der Waals surface area contributed by atoms with Crippen LogP contribution in [0.2, 0.25) is 10.0 Å². The number of hydrogen-bond donors (Lipinski definition) is 1. The van der Waals surface area contributed by atoms with E-state index in [4.69, 9.17) is 23.2 Å². The first-order valence-electron chi connectivity index (χ1n) is 5.49. The second kappa shape index (κ2) is 6.07. The Kier molecular flexibility index (Phi) is 4.68. The van der Waals surface area contributed by atoms with Crippen LogP contribution >= 0.6 is 39.1 Å². The van der Waals surface area contributed by atoms with Crippen molar-refractivity contribution < 1.29 is 0 Å². The van der Waals surface area contributed by atoms with Gasteiger partial charge in [-0.2, -0.15) is 0 Å². The number of halogens is 3. The van der Waals surface area contributed by atoms with Gasteiger partial charge in [-0.15, -0.1) is 0 Å². The lowest BCUT2D eigenvalue weighted by molar-refractivity contribution is 0.692. The maximum absolute atomic E-state index is 6.13. The summed E-state index contributed by atoms with van der Waals surface area (Å²) in [5, 5.41) is 4.73. The molecule has 1 unspecified atom stereocenters. The van der Waals surface area contributed by atoms with E-state index in [0.29, 0.717) is 5.02 Å². The molecule has 0 spiro atoms. The van der Waals surface area contributed by atoms with Crippen LogP contribution in [-0.4, -0.2) is 7.05 Å². The van der Waals surface area contributed by atoms with Gasteiger partial charge < -0.3 is 5.32 Å². The van der Waals surface area contributed by atoms with E-state index < -0.39 is 0 Å². The van der Waals surface area contributed by atoms with Crippen molar-refractivity contribution in [2.75, 3.05) is 7.05 Å². The van der Waals surface area contributed by atoms with E-state index >= 15 is 0 Å². The second-order valence-corrected chi connectivity index (χ2v) is 5.64. The standard InChI is InChI=1S/C14H12BrCl2N/c1-18-14(9-2-5-11(16)6-3-9)10-4-7-12(15)13(17)8-10/h2-8,14,18H,1H3. The van der Waals surface area contributed by atoms with Gasteiger partial charge in [0.15, 0.2) is 0 Å². The molecule has 1 nitrogen and oxygen atoms in total. The van der Waals surface area contributed by atoms with Gasteiger partial charge in [0.25, 0.3) is 0 Å². The van der Waals surface area contributed by atoms with Crippen molar-refractivity contribution in [3.8, 4) is 0 Å². The maximum Gasteiger partial charge on any atom is 0.0574 e. The van der Waals surface area contributed by atoms with Crippen LogP contribution in [0.25, 0.3) is 0 Å². The molecule has 0 fully saturated rings. The van der Waals surface area contributed by atoms with Crippen molar-refractivity contribution in [1.82, 2.24) is 5.32 Å². The van der Waals surface area contributed by atoms with Crippen LogP contribution in [0.5, 0.6) is 0 Å². The van der Waals surface area contributed by atoms with Crippen molar-refractivity contribution in [3.63, 3.8) is 0 Å². The van der Waals surface area contributed by atoms with Crippen LogP contribution < -0.4 is 5.32 Å². The van der Waals surface area contributed by atoms with Crippen LogP contribution in [0.4, 0.5) is 0 Å². The molecular formula is C14H12BrCl2N. The lowest BCUT2D eigenvalue weighted by Crippen LogP contribution is -2.17. The Hall–Kier alpha value is -0.540. The van der Waals surface area contributed by atoms with Crippen molar-refractivity contribution >= 4 is 39.1 Å². The van der Waals surface area contributed by atoms with Gasteiger partial charge in [0.2, 0.25) is 0 Å². The second-order valence-electron chi connectivity index (χ2n) is 3.95. The summed E-state index contributed by atoms with van der Waals surface area (Å²) in [6, 6.07) is 13.9. The van der Waals surface area contributed by atoms with E-state index in [1.807, 2.05) is 49.5 Å².